The normalized spacial score (nSPS) is 14.5. The van der Waals surface area contributed by atoms with E-state index in [1.807, 2.05) is 0 Å². The summed E-state index contributed by atoms with van der Waals surface area (Å²) in [6.07, 6.45) is 1.58. The van der Waals surface area contributed by atoms with E-state index in [0.29, 0.717) is 24.4 Å². The van der Waals surface area contributed by atoms with Crippen molar-refractivity contribution in [2.24, 2.45) is 0 Å². The molecule has 0 spiro atoms. The lowest BCUT2D eigenvalue weighted by molar-refractivity contribution is -0.385. The van der Waals surface area contributed by atoms with Gasteiger partial charge >= 0.3 is 5.97 Å². The molecular weight excluding hydrogens is 400 g/mol. The molecule has 0 bridgehead atoms. The highest BCUT2D eigenvalue weighted by molar-refractivity contribution is 7.89. The van der Waals surface area contributed by atoms with Gasteiger partial charge in [-0.1, -0.05) is 12.1 Å². The second-order valence-electron chi connectivity index (χ2n) is 6.50. The maximum atomic E-state index is 13.0. The van der Waals surface area contributed by atoms with Crippen molar-refractivity contribution in [3.63, 3.8) is 0 Å². The molecule has 3 rings (SSSR count). The number of ether oxygens (including phenoxy) is 2. The molecule has 2 aromatic carbocycles. The summed E-state index contributed by atoms with van der Waals surface area (Å²) in [5.41, 5.74) is 0.376. The summed E-state index contributed by atoms with van der Waals surface area (Å²) in [5.74, 6) is -0.0402. The Morgan fingerprint density at radius 2 is 1.79 bits per heavy atom. The van der Waals surface area contributed by atoms with E-state index in [1.165, 1.54) is 23.5 Å². The maximum Gasteiger partial charge on any atom is 0.309 e. The van der Waals surface area contributed by atoms with E-state index in [9.17, 15) is 23.3 Å². The number of nitro groups is 1. The van der Waals surface area contributed by atoms with Crippen LogP contribution >= 0.6 is 0 Å². The van der Waals surface area contributed by atoms with Crippen LogP contribution in [-0.2, 0) is 26.0 Å². The van der Waals surface area contributed by atoms with Crippen LogP contribution < -0.4 is 4.74 Å². The van der Waals surface area contributed by atoms with Crippen LogP contribution in [0.2, 0.25) is 0 Å². The van der Waals surface area contributed by atoms with Crippen molar-refractivity contribution in [1.82, 2.24) is 4.31 Å². The highest BCUT2D eigenvalue weighted by atomic mass is 32.2. The number of methoxy groups -OCH3 is 1. The predicted molar refractivity (Wildman–Crippen MR) is 103 cm³/mol. The number of benzene rings is 2. The number of hydrogen-bond donors (Lipinski definition) is 0. The second-order valence-corrected chi connectivity index (χ2v) is 8.40. The third-order valence-electron chi connectivity index (χ3n) is 4.55. The molecule has 9 nitrogen and oxygen atoms in total. The first kappa shape index (κ1) is 20.7. The summed E-state index contributed by atoms with van der Waals surface area (Å²) in [6, 6.07) is 10.00. The molecule has 2 aromatic rings. The molecule has 0 aromatic heterocycles. The van der Waals surface area contributed by atoms with Crippen LogP contribution in [0.15, 0.2) is 47.4 Å². The summed E-state index contributed by atoms with van der Waals surface area (Å²) in [7, 11) is -2.63. The van der Waals surface area contributed by atoms with Gasteiger partial charge in [0.2, 0.25) is 10.0 Å². The van der Waals surface area contributed by atoms with Crippen molar-refractivity contribution >= 4 is 21.7 Å². The van der Waals surface area contributed by atoms with Crippen LogP contribution in [0.5, 0.6) is 11.5 Å². The molecular formula is C19H20N2O7S. The number of carbonyl (C=O) groups excluding carboxylic acids is 1. The first-order valence-corrected chi connectivity index (χ1v) is 10.4. The molecule has 0 N–H and O–H groups in total. The summed E-state index contributed by atoms with van der Waals surface area (Å²) in [6.45, 7) is 0.735. The van der Waals surface area contributed by atoms with Crippen LogP contribution in [0.3, 0.4) is 0 Å². The Labute approximate surface area is 168 Å². The van der Waals surface area contributed by atoms with Gasteiger partial charge in [-0.05, 0) is 36.6 Å². The van der Waals surface area contributed by atoms with Gasteiger partial charge in [-0.25, -0.2) is 8.42 Å². The largest absolute Gasteiger partial charge is 0.469 e. The molecule has 154 valence electrons. The highest BCUT2D eigenvalue weighted by Gasteiger charge is 2.31. The van der Waals surface area contributed by atoms with Gasteiger partial charge in [0, 0.05) is 25.2 Å². The predicted octanol–water partition coefficient (Wildman–Crippen LogP) is 2.89. The number of nitro benzene ring substituents is 1. The molecule has 10 heteroatoms. The lowest BCUT2D eigenvalue weighted by Gasteiger charge is -2.18. The molecule has 29 heavy (non-hydrogen) atoms. The van der Waals surface area contributed by atoms with Gasteiger partial charge in [-0.2, -0.15) is 4.31 Å². The van der Waals surface area contributed by atoms with Crippen LogP contribution in [0.4, 0.5) is 5.69 Å². The van der Waals surface area contributed by atoms with Crippen LogP contribution in [0.1, 0.15) is 18.4 Å². The molecule has 1 heterocycles. The smallest absolute Gasteiger partial charge is 0.309 e. The van der Waals surface area contributed by atoms with Crippen molar-refractivity contribution in [2.45, 2.75) is 24.2 Å². The number of hydrogen-bond acceptors (Lipinski definition) is 7. The summed E-state index contributed by atoms with van der Waals surface area (Å²) >= 11 is 0. The van der Waals surface area contributed by atoms with E-state index in [-0.39, 0.29) is 28.7 Å². The fourth-order valence-corrected chi connectivity index (χ4v) is 4.66. The van der Waals surface area contributed by atoms with Gasteiger partial charge in [0.1, 0.15) is 16.4 Å². The maximum absolute atomic E-state index is 13.0. The van der Waals surface area contributed by atoms with Gasteiger partial charge < -0.3 is 9.47 Å². The fraction of sp³-hybridized carbons (Fsp3) is 0.316. The average Bonchev–Trinajstić information content (AvgIpc) is 3.25. The standard InChI is InChI=1S/C19H20N2O7S/c1-27-19(22)12-14-4-7-16(8-5-14)28-17-9-6-15(21(23)24)13-18(17)29(25,26)20-10-2-3-11-20/h4-9,13H,2-3,10-12H2,1H3. The van der Waals surface area contributed by atoms with Crippen molar-refractivity contribution in [2.75, 3.05) is 20.2 Å². The topological polar surface area (TPSA) is 116 Å². The van der Waals surface area contributed by atoms with Crippen LogP contribution in [0, 0.1) is 10.1 Å². The summed E-state index contributed by atoms with van der Waals surface area (Å²) in [4.78, 5) is 21.6. The van der Waals surface area contributed by atoms with Gasteiger partial charge in [0.15, 0.2) is 0 Å². The molecule has 0 aliphatic carbocycles. The van der Waals surface area contributed by atoms with Crippen molar-refractivity contribution in [3.8, 4) is 11.5 Å². The Morgan fingerprint density at radius 1 is 1.14 bits per heavy atom. The molecule has 0 atom stereocenters. The van der Waals surface area contributed by atoms with Crippen LogP contribution in [-0.4, -0.2) is 43.8 Å². The Morgan fingerprint density at radius 3 is 2.38 bits per heavy atom. The molecule has 0 saturated carbocycles. The Bertz CT molecular complexity index is 1010. The third kappa shape index (κ3) is 4.72. The van der Waals surface area contributed by atoms with Crippen molar-refractivity contribution < 1.29 is 27.6 Å². The number of nitrogens with zero attached hydrogens (tertiary/aromatic N) is 2. The zero-order valence-electron chi connectivity index (χ0n) is 15.7. The van der Waals surface area contributed by atoms with E-state index >= 15 is 0 Å². The Balaban J connectivity index is 1.92. The minimum absolute atomic E-state index is 0.00298. The van der Waals surface area contributed by atoms with Gasteiger partial charge in [0.05, 0.1) is 18.5 Å². The fourth-order valence-electron chi connectivity index (χ4n) is 3.00. The number of carbonyl (C=O) groups is 1. The molecule has 1 saturated heterocycles. The highest BCUT2D eigenvalue weighted by Crippen LogP contribution is 2.35. The number of esters is 1. The minimum Gasteiger partial charge on any atom is -0.469 e. The second kappa shape index (κ2) is 8.58. The van der Waals surface area contributed by atoms with E-state index in [2.05, 4.69) is 4.74 Å². The van der Waals surface area contributed by atoms with E-state index in [1.54, 1.807) is 24.3 Å². The van der Waals surface area contributed by atoms with Crippen molar-refractivity contribution in [3.05, 3.63) is 58.1 Å². The van der Waals surface area contributed by atoms with E-state index in [4.69, 9.17) is 4.74 Å². The van der Waals surface area contributed by atoms with E-state index < -0.39 is 14.9 Å². The monoisotopic (exact) mass is 420 g/mol. The van der Waals surface area contributed by atoms with Crippen LogP contribution in [0.25, 0.3) is 0 Å². The summed E-state index contributed by atoms with van der Waals surface area (Å²) in [5, 5.41) is 11.1. The molecule has 1 aliphatic heterocycles. The molecule has 0 unspecified atom stereocenters. The lowest BCUT2D eigenvalue weighted by atomic mass is 10.1. The molecule has 0 amide bonds. The van der Waals surface area contributed by atoms with Gasteiger partial charge in [0.25, 0.3) is 5.69 Å². The Kier molecular flexibility index (Phi) is 6.14. The van der Waals surface area contributed by atoms with Gasteiger partial charge in [-0.3, -0.25) is 14.9 Å². The summed E-state index contributed by atoms with van der Waals surface area (Å²) < 4.78 is 37.7. The molecule has 1 fully saturated rings. The first-order valence-electron chi connectivity index (χ1n) is 8.93. The molecule has 0 radical (unpaired) electrons. The number of non-ortho nitro benzene ring substituents is 1. The SMILES string of the molecule is COC(=O)Cc1ccc(Oc2ccc([N+](=O)[O-])cc2S(=O)(=O)N2CCCC2)cc1. The van der Waals surface area contributed by atoms with Gasteiger partial charge in [-0.15, -0.1) is 0 Å². The van der Waals surface area contributed by atoms with E-state index in [0.717, 1.165) is 18.9 Å². The minimum atomic E-state index is -3.93. The van der Waals surface area contributed by atoms with Crippen molar-refractivity contribution in [1.29, 1.82) is 0 Å². The average molecular weight is 420 g/mol. The number of sulfonamides is 1. The lowest BCUT2D eigenvalue weighted by Crippen LogP contribution is -2.28. The zero-order chi connectivity index (χ0) is 21.0. The zero-order valence-corrected chi connectivity index (χ0v) is 16.6. The molecule has 1 aliphatic rings. The Hall–Kier alpha value is -2.98. The quantitative estimate of drug-likeness (QED) is 0.384. The first-order chi connectivity index (χ1) is 13.8. The third-order valence-corrected chi connectivity index (χ3v) is 6.47. The number of rotatable bonds is 7.